The largest absolute Gasteiger partial charge is 0.0999 e. The Morgan fingerprint density at radius 2 is 1.77 bits per heavy atom. The second kappa shape index (κ2) is 7.29. The van der Waals surface area contributed by atoms with Crippen LogP contribution in [0.1, 0.15) is 60.3 Å². The minimum atomic E-state index is 0.816. The Kier molecular flexibility index (Phi) is 7.22. The van der Waals surface area contributed by atoms with E-state index >= 15 is 0 Å². The maximum Gasteiger partial charge on any atom is 0.0999 e. The Labute approximate surface area is 85.1 Å². The van der Waals surface area contributed by atoms with Crippen LogP contribution in [0.25, 0.3) is 0 Å². The van der Waals surface area contributed by atoms with Gasteiger partial charge in [0.1, 0.15) is 0 Å². The molecule has 0 heteroatoms. The van der Waals surface area contributed by atoms with Crippen molar-refractivity contribution in [3.05, 3.63) is 6.42 Å². The van der Waals surface area contributed by atoms with E-state index in [2.05, 4.69) is 41.0 Å². The van der Waals surface area contributed by atoms with Crippen LogP contribution in [0, 0.1) is 24.2 Å². The van der Waals surface area contributed by atoms with E-state index in [1.807, 2.05) is 0 Å². The summed E-state index contributed by atoms with van der Waals surface area (Å²) in [6.07, 6.45) is 7.90. The molecule has 0 saturated carbocycles. The Morgan fingerprint density at radius 3 is 2.08 bits per heavy atom. The van der Waals surface area contributed by atoms with Crippen LogP contribution in [0.5, 0.6) is 0 Å². The van der Waals surface area contributed by atoms with E-state index in [9.17, 15) is 0 Å². The normalized spacial score (nSPS) is 15.8. The van der Waals surface area contributed by atoms with Crippen molar-refractivity contribution < 1.29 is 0 Å². The Bertz CT molecular complexity index is 105. The first kappa shape index (κ1) is 12.9. The van der Waals surface area contributed by atoms with Crippen LogP contribution in [0.15, 0.2) is 0 Å². The van der Waals surface area contributed by atoms with Crippen LogP contribution in [0.4, 0.5) is 0 Å². The summed E-state index contributed by atoms with van der Waals surface area (Å²) in [5, 5.41) is 0. The van der Waals surface area contributed by atoms with Gasteiger partial charge in [-0.3, -0.25) is 0 Å². The van der Waals surface area contributed by atoms with Crippen LogP contribution in [0.3, 0.4) is 0 Å². The van der Waals surface area contributed by atoms with Crippen molar-refractivity contribution in [1.29, 1.82) is 0 Å². The molecule has 0 N–H and O–H groups in total. The lowest BCUT2D eigenvalue weighted by Gasteiger charge is -2.19. The maximum absolute atomic E-state index is 2.39. The minimum absolute atomic E-state index is 0.816. The highest BCUT2D eigenvalue weighted by Gasteiger charge is 2.22. The zero-order valence-corrected chi connectivity index (χ0v) is 10.1. The summed E-state index contributed by atoms with van der Waals surface area (Å²) < 4.78 is 0. The fourth-order valence-corrected chi connectivity index (χ4v) is 2.07. The zero-order valence-electron chi connectivity index (χ0n) is 10.1. The van der Waals surface area contributed by atoms with E-state index in [1.54, 1.807) is 0 Å². The summed E-state index contributed by atoms with van der Waals surface area (Å²) in [6.45, 7) is 11.5. The molecular formula is C13H27+. The highest BCUT2D eigenvalue weighted by atomic mass is 14.2. The predicted octanol–water partition coefficient (Wildman–Crippen LogP) is 4.70. The molecule has 0 aromatic rings. The van der Waals surface area contributed by atoms with E-state index in [4.69, 9.17) is 0 Å². The highest BCUT2D eigenvalue weighted by Crippen LogP contribution is 2.27. The van der Waals surface area contributed by atoms with Gasteiger partial charge < -0.3 is 0 Å². The predicted molar refractivity (Wildman–Crippen MR) is 61.6 cm³/mol. The molecule has 0 aromatic carbocycles. The first-order valence-electron chi connectivity index (χ1n) is 5.95. The molecule has 0 fully saturated rings. The molecule has 0 radical (unpaired) electrons. The molecule has 0 amide bonds. The Hall–Kier alpha value is -0.130. The SMILES string of the molecule is C[CH+]C(CC(CC)CCC)C(C)C. The van der Waals surface area contributed by atoms with Gasteiger partial charge in [-0.15, -0.1) is 0 Å². The van der Waals surface area contributed by atoms with Crippen LogP contribution >= 0.6 is 0 Å². The maximum atomic E-state index is 2.39. The van der Waals surface area contributed by atoms with Crippen molar-refractivity contribution in [3.63, 3.8) is 0 Å². The third-order valence-corrected chi connectivity index (χ3v) is 3.16. The van der Waals surface area contributed by atoms with E-state index in [1.165, 1.54) is 25.7 Å². The van der Waals surface area contributed by atoms with Crippen molar-refractivity contribution >= 4 is 0 Å². The van der Waals surface area contributed by atoms with Gasteiger partial charge in [-0.2, -0.15) is 0 Å². The summed E-state index contributed by atoms with van der Waals surface area (Å²) >= 11 is 0. The van der Waals surface area contributed by atoms with Crippen LogP contribution < -0.4 is 0 Å². The van der Waals surface area contributed by atoms with Crippen molar-refractivity contribution in [3.8, 4) is 0 Å². The number of hydrogen-bond donors (Lipinski definition) is 0. The molecule has 0 bridgehead atoms. The fraction of sp³-hybridized carbons (Fsp3) is 0.923. The third kappa shape index (κ3) is 5.23. The van der Waals surface area contributed by atoms with Crippen molar-refractivity contribution in [2.24, 2.45) is 17.8 Å². The second-order valence-corrected chi connectivity index (χ2v) is 4.54. The molecule has 0 aliphatic carbocycles. The first-order valence-corrected chi connectivity index (χ1v) is 5.95. The first-order chi connectivity index (χ1) is 6.15. The highest BCUT2D eigenvalue weighted by molar-refractivity contribution is 4.77. The van der Waals surface area contributed by atoms with Gasteiger partial charge in [-0.25, -0.2) is 0 Å². The van der Waals surface area contributed by atoms with Gasteiger partial charge in [-0.1, -0.05) is 47.0 Å². The van der Waals surface area contributed by atoms with E-state index in [0.29, 0.717) is 0 Å². The summed E-state index contributed by atoms with van der Waals surface area (Å²) in [5.74, 6) is 2.60. The third-order valence-electron chi connectivity index (χ3n) is 3.16. The van der Waals surface area contributed by atoms with Gasteiger partial charge in [0.2, 0.25) is 0 Å². The van der Waals surface area contributed by atoms with E-state index in [0.717, 1.165) is 17.8 Å². The average Bonchev–Trinajstić information content (AvgIpc) is 2.11. The Balaban J connectivity index is 3.87. The topological polar surface area (TPSA) is 0 Å². The molecule has 0 aromatic heterocycles. The van der Waals surface area contributed by atoms with Gasteiger partial charge in [0.15, 0.2) is 0 Å². The molecule has 2 atom stereocenters. The molecule has 0 heterocycles. The van der Waals surface area contributed by atoms with Gasteiger partial charge in [0.25, 0.3) is 0 Å². The molecule has 0 rings (SSSR count). The van der Waals surface area contributed by atoms with Crippen LogP contribution in [0.2, 0.25) is 0 Å². The number of hydrogen-bond acceptors (Lipinski definition) is 0. The van der Waals surface area contributed by atoms with Gasteiger partial charge in [-0.05, 0) is 18.3 Å². The molecular weight excluding hydrogens is 156 g/mol. The van der Waals surface area contributed by atoms with Crippen molar-refractivity contribution in [2.45, 2.75) is 60.3 Å². The van der Waals surface area contributed by atoms with E-state index < -0.39 is 0 Å². The fourth-order valence-electron chi connectivity index (χ4n) is 2.07. The second-order valence-electron chi connectivity index (χ2n) is 4.54. The Morgan fingerprint density at radius 1 is 1.15 bits per heavy atom. The average molecular weight is 183 g/mol. The molecule has 78 valence electrons. The quantitative estimate of drug-likeness (QED) is 0.502. The van der Waals surface area contributed by atoms with Gasteiger partial charge >= 0.3 is 0 Å². The molecule has 0 aliphatic heterocycles. The lowest BCUT2D eigenvalue weighted by molar-refractivity contribution is 0.311. The van der Waals surface area contributed by atoms with Crippen LogP contribution in [-0.2, 0) is 0 Å². The molecule has 0 nitrogen and oxygen atoms in total. The lowest BCUT2D eigenvalue weighted by Crippen LogP contribution is -2.13. The standard InChI is InChI=1S/C13H27/c1-6-9-12(7-2)10-13(8-3)11(4)5/h8,11-13H,6-7,9-10H2,1-5H3/q+1. The van der Waals surface area contributed by atoms with Crippen molar-refractivity contribution in [1.82, 2.24) is 0 Å². The molecule has 2 unspecified atom stereocenters. The lowest BCUT2D eigenvalue weighted by atomic mass is 9.82. The zero-order chi connectivity index (χ0) is 10.3. The van der Waals surface area contributed by atoms with Crippen molar-refractivity contribution in [2.75, 3.05) is 0 Å². The van der Waals surface area contributed by atoms with Crippen LogP contribution in [-0.4, -0.2) is 0 Å². The summed E-state index contributed by atoms with van der Waals surface area (Å²) in [7, 11) is 0. The summed E-state index contributed by atoms with van der Waals surface area (Å²) in [4.78, 5) is 0. The molecule has 0 spiro atoms. The summed E-state index contributed by atoms with van der Waals surface area (Å²) in [5.41, 5.74) is 0. The smallest absolute Gasteiger partial charge is 0.0654 e. The summed E-state index contributed by atoms with van der Waals surface area (Å²) in [6, 6.07) is 0. The molecule has 0 saturated heterocycles. The van der Waals surface area contributed by atoms with E-state index in [-0.39, 0.29) is 0 Å². The molecule has 13 heavy (non-hydrogen) atoms. The van der Waals surface area contributed by atoms with Gasteiger partial charge in [0.05, 0.1) is 19.3 Å². The monoisotopic (exact) mass is 183 g/mol. The van der Waals surface area contributed by atoms with Gasteiger partial charge in [0, 0.05) is 0 Å². The molecule has 0 aliphatic rings. The minimum Gasteiger partial charge on any atom is -0.0654 e. The number of rotatable bonds is 7.